The Morgan fingerprint density at radius 2 is 2.10 bits per heavy atom. The van der Waals surface area contributed by atoms with Gasteiger partial charge in [0.05, 0.1) is 18.1 Å². The summed E-state index contributed by atoms with van der Waals surface area (Å²) in [6.07, 6.45) is 4.86. The van der Waals surface area contributed by atoms with E-state index in [1.54, 1.807) is 17.1 Å². The standard InChI is InChI=1S/C15H12FN3O2/c1-19-8-12(7-18-19)11-3-10-2-9(4-15(20)21)13(16)5-14(10)17-6-11/h2-3,5-8H,4H2,1H3,(H,20,21). The number of carboxylic acids is 1. The highest BCUT2D eigenvalue weighted by molar-refractivity contribution is 5.85. The molecule has 21 heavy (non-hydrogen) atoms. The lowest BCUT2D eigenvalue weighted by molar-refractivity contribution is -0.136. The minimum Gasteiger partial charge on any atom is -0.481 e. The van der Waals surface area contributed by atoms with Crippen molar-refractivity contribution in [2.45, 2.75) is 6.42 Å². The number of aryl methyl sites for hydroxylation is 1. The van der Waals surface area contributed by atoms with Crippen LogP contribution in [0.5, 0.6) is 0 Å². The molecular weight excluding hydrogens is 273 g/mol. The van der Waals surface area contributed by atoms with Crippen LogP contribution >= 0.6 is 0 Å². The van der Waals surface area contributed by atoms with Crippen molar-refractivity contribution in [3.05, 3.63) is 48.2 Å². The normalized spacial score (nSPS) is 11.0. The Hall–Kier alpha value is -2.76. The van der Waals surface area contributed by atoms with Gasteiger partial charge in [-0.15, -0.1) is 0 Å². The van der Waals surface area contributed by atoms with E-state index in [0.29, 0.717) is 10.9 Å². The van der Waals surface area contributed by atoms with Gasteiger partial charge in [-0.2, -0.15) is 5.10 Å². The molecule has 0 spiro atoms. The van der Waals surface area contributed by atoms with Crippen LogP contribution in [0.4, 0.5) is 4.39 Å². The van der Waals surface area contributed by atoms with E-state index in [4.69, 9.17) is 5.11 Å². The van der Waals surface area contributed by atoms with E-state index in [2.05, 4.69) is 10.1 Å². The third-order valence-corrected chi connectivity index (χ3v) is 3.23. The zero-order valence-electron chi connectivity index (χ0n) is 11.2. The van der Waals surface area contributed by atoms with Gasteiger partial charge in [-0.1, -0.05) is 0 Å². The average Bonchev–Trinajstić information content (AvgIpc) is 2.85. The quantitative estimate of drug-likeness (QED) is 0.802. The summed E-state index contributed by atoms with van der Waals surface area (Å²) in [4.78, 5) is 15.0. The molecule has 0 unspecified atom stereocenters. The summed E-state index contributed by atoms with van der Waals surface area (Å²) in [5, 5.41) is 13.6. The van der Waals surface area contributed by atoms with Crippen LogP contribution < -0.4 is 0 Å². The van der Waals surface area contributed by atoms with Crippen molar-refractivity contribution in [3.63, 3.8) is 0 Å². The fourth-order valence-electron chi connectivity index (χ4n) is 2.22. The van der Waals surface area contributed by atoms with Crippen molar-refractivity contribution in [3.8, 4) is 11.1 Å². The molecule has 106 valence electrons. The molecule has 6 heteroatoms. The van der Waals surface area contributed by atoms with E-state index >= 15 is 0 Å². The summed E-state index contributed by atoms with van der Waals surface area (Å²) < 4.78 is 15.5. The molecule has 0 radical (unpaired) electrons. The third-order valence-electron chi connectivity index (χ3n) is 3.23. The molecule has 0 amide bonds. The fraction of sp³-hybridized carbons (Fsp3) is 0.133. The summed E-state index contributed by atoms with van der Waals surface area (Å²) in [5.74, 6) is -1.61. The molecule has 0 saturated heterocycles. The number of nitrogens with zero attached hydrogens (tertiary/aromatic N) is 3. The molecule has 0 aliphatic carbocycles. The summed E-state index contributed by atoms with van der Waals surface area (Å²) in [6, 6.07) is 4.65. The molecule has 0 atom stereocenters. The maximum absolute atomic E-state index is 13.8. The first-order valence-electron chi connectivity index (χ1n) is 6.32. The van der Waals surface area contributed by atoms with Gasteiger partial charge >= 0.3 is 5.97 Å². The molecule has 5 nitrogen and oxygen atoms in total. The molecule has 1 aromatic carbocycles. The van der Waals surface area contributed by atoms with E-state index in [1.807, 2.05) is 19.3 Å². The summed E-state index contributed by atoms with van der Waals surface area (Å²) in [5.41, 5.74) is 2.40. The van der Waals surface area contributed by atoms with Crippen molar-refractivity contribution < 1.29 is 14.3 Å². The summed E-state index contributed by atoms with van der Waals surface area (Å²) >= 11 is 0. The molecule has 2 heterocycles. The van der Waals surface area contributed by atoms with Crippen LogP contribution in [-0.4, -0.2) is 25.8 Å². The van der Waals surface area contributed by atoms with Crippen LogP contribution in [0.25, 0.3) is 22.0 Å². The number of pyridine rings is 1. The van der Waals surface area contributed by atoms with Crippen molar-refractivity contribution >= 4 is 16.9 Å². The molecular formula is C15H12FN3O2. The van der Waals surface area contributed by atoms with Crippen molar-refractivity contribution in [2.24, 2.45) is 7.05 Å². The molecule has 3 rings (SSSR count). The third kappa shape index (κ3) is 2.60. The van der Waals surface area contributed by atoms with E-state index in [0.717, 1.165) is 11.1 Å². The predicted octanol–water partition coefficient (Wildman–Crippen LogP) is 2.40. The van der Waals surface area contributed by atoms with Crippen LogP contribution in [0.2, 0.25) is 0 Å². The highest BCUT2D eigenvalue weighted by Gasteiger charge is 2.10. The lowest BCUT2D eigenvalue weighted by Gasteiger charge is -2.05. The predicted molar refractivity (Wildman–Crippen MR) is 75.2 cm³/mol. The van der Waals surface area contributed by atoms with Crippen molar-refractivity contribution in [1.82, 2.24) is 14.8 Å². The lowest BCUT2D eigenvalue weighted by Crippen LogP contribution is -2.02. The maximum Gasteiger partial charge on any atom is 0.307 e. The molecule has 3 aromatic rings. The van der Waals surface area contributed by atoms with E-state index in [1.165, 1.54) is 12.1 Å². The van der Waals surface area contributed by atoms with Crippen LogP contribution in [0, 0.1) is 5.82 Å². The number of aromatic nitrogens is 3. The van der Waals surface area contributed by atoms with Crippen LogP contribution in [-0.2, 0) is 18.3 Å². The molecule has 0 fully saturated rings. The van der Waals surface area contributed by atoms with Gasteiger partial charge < -0.3 is 5.11 Å². The number of rotatable bonds is 3. The minimum atomic E-state index is -1.07. The number of halogens is 1. The second-order valence-corrected chi connectivity index (χ2v) is 4.83. The highest BCUT2D eigenvalue weighted by Crippen LogP contribution is 2.24. The number of aliphatic carboxylic acids is 1. The molecule has 0 aliphatic rings. The van der Waals surface area contributed by atoms with Gasteiger partial charge in [-0.3, -0.25) is 14.5 Å². The first-order valence-corrected chi connectivity index (χ1v) is 6.32. The largest absolute Gasteiger partial charge is 0.481 e. The Balaban J connectivity index is 2.11. The fourth-order valence-corrected chi connectivity index (χ4v) is 2.22. The van der Waals surface area contributed by atoms with E-state index < -0.39 is 11.8 Å². The second-order valence-electron chi connectivity index (χ2n) is 4.83. The SMILES string of the molecule is Cn1cc(-c2cnc3cc(F)c(CC(=O)O)cc3c2)cn1. The zero-order chi connectivity index (χ0) is 15.0. The van der Waals surface area contributed by atoms with Gasteiger partial charge in [-0.05, 0) is 17.7 Å². The topological polar surface area (TPSA) is 68.0 Å². The monoisotopic (exact) mass is 285 g/mol. The number of benzene rings is 1. The van der Waals surface area contributed by atoms with Crippen LogP contribution in [0.3, 0.4) is 0 Å². The van der Waals surface area contributed by atoms with Crippen LogP contribution in [0.15, 0.2) is 36.8 Å². The van der Waals surface area contributed by atoms with Crippen LogP contribution in [0.1, 0.15) is 5.56 Å². The van der Waals surface area contributed by atoms with E-state index in [-0.39, 0.29) is 12.0 Å². The number of hydrogen-bond donors (Lipinski definition) is 1. The number of carbonyl (C=O) groups is 1. The Kier molecular flexibility index (Phi) is 3.13. The lowest BCUT2D eigenvalue weighted by atomic mass is 10.0. The Bertz CT molecular complexity index is 842. The average molecular weight is 285 g/mol. The molecule has 2 aromatic heterocycles. The minimum absolute atomic E-state index is 0.153. The van der Waals surface area contributed by atoms with Crippen molar-refractivity contribution in [2.75, 3.05) is 0 Å². The van der Waals surface area contributed by atoms with Gasteiger partial charge in [0.1, 0.15) is 5.82 Å². The first-order chi connectivity index (χ1) is 10.0. The Morgan fingerprint density at radius 3 is 2.76 bits per heavy atom. The molecule has 1 N–H and O–H groups in total. The van der Waals surface area contributed by atoms with Gasteiger partial charge in [0.15, 0.2) is 0 Å². The second kappa shape index (κ2) is 4.97. The number of fused-ring (bicyclic) bond motifs is 1. The first kappa shape index (κ1) is 13.2. The van der Waals surface area contributed by atoms with Crippen molar-refractivity contribution in [1.29, 1.82) is 0 Å². The smallest absolute Gasteiger partial charge is 0.307 e. The maximum atomic E-state index is 13.8. The summed E-state index contributed by atoms with van der Waals surface area (Å²) in [6.45, 7) is 0. The Morgan fingerprint density at radius 1 is 1.29 bits per heavy atom. The van der Waals surface area contributed by atoms with Gasteiger partial charge in [0, 0.05) is 42.0 Å². The summed E-state index contributed by atoms with van der Waals surface area (Å²) in [7, 11) is 1.82. The highest BCUT2D eigenvalue weighted by atomic mass is 19.1. The van der Waals surface area contributed by atoms with Gasteiger partial charge in [0.25, 0.3) is 0 Å². The molecule has 0 aliphatic heterocycles. The number of hydrogen-bond acceptors (Lipinski definition) is 3. The number of carboxylic acid groups (broad SMARTS) is 1. The van der Waals surface area contributed by atoms with Gasteiger partial charge in [0.2, 0.25) is 0 Å². The van der Waals surface area contributed by atoms with E-state index in [9.17, 15) is 9.18 Å². The zero-order valence-corrected chi connectivity index (χ0v) is 11.2. The Labute approximate surface area is 119 Å². The molecule has 0 saturated carbocycles. The van der Waals surface area contributed by atoms with Gasteiger partial charge in [-0.25, -0.2) is 4.39 Å². The molecule has 0 bridgehead atoms.